The summed E-state index contributed by atoms with van der Waals surface area (Å²) in [6.45, 7) is 2.15. The molecule has 6 atom stereocenters. The van der Waals surface area contributed by atoms with E-state index in [-0.39, 0.29) is 11.2 Å². The zero-order valence-electron chi connectivity index (χ0n) is 15.2. The van der Waals surface area contributed by atoms with Crippen molar-refractivity contribution in [2.75, 3.05) is 0 Å². The third-order valence-corrected chi connectivity index (χ3v) is 8.58. The maximum absolute atomic E-state index is 12.0. The first-order valence-corrected chi connectivity index (χ1v) is 10.2. The van der Waals surface area contributed by atoms with Gasteiger partial charge in [0, 0.05) is 17.9 Å². The van der Waals surface area contributed by atoms with Crippen LogP contribution in [0.3, 0.4) is 0 Å². The zero-order valence-corrected chi connectivity index (χ0v) is 16.0. The molecule has 0 bridgehead atoms. The van der Waals surface area contributed by atoms with Crippen LogP contribution in [-0.4, -0.2) is 27.6 Å². The van der Waals surface area contributed by atoms with E-state index < -0.39 is 11.6 Å². The first-order valence-electron chi connectivity index (χ1n) is 9.83. The minimum atomic E-state index is -1.03. The number of hydrogen-bond acceptors (Lipinski definition) is 3. The quantitative estimate of drug-likeness (QED) is 0.710. The Morgan fingerprint density at radius 1 is 1.15 bits per heavy atom. The van der Waals surface area contributed by atoms with Gasteiger partial charge < -0.3 is 10.2 Å². The third-order valence-electron chi connectivity index (χ3n) is 8.13. The van der Waals surface area contributed by atoms with Gasteiger partial charge in [0.2, 0.25) is 0 Å². The number of hydrogen-bond donors (Lipinski definition) is 2. The molecule has 142 valence electrons. The van der Waals surface area contributed by atoms with E-state index in [4.69, 9.17) is 16.7 Å². The summed E-state index contributed by atoms with van der Waals surface area (Å²) in [6, 6.07) is 0. The summed E-state index contributed by atoms with van der Waals surface area (Å²) >= 11 is 6.35. The predicted octanol–water partition coefficient (Wildman–Crippen LogP) is 4.07. The number of carbonyl (C=O) groups excluding carboxylic acids is 1. The molecule has 0 saturated heterocycles. The molecule has 0 aromatic carbocycles. The average Bonchev–Trinajstić information content (AvgIpc) is 2.88. The number of ketones is 1. The Labute approximate surface area is 159 Å². The number of carbonyl (C=O) groups is 2. The highest BCUT2D eigenvalue weighted by atomic mass is 35.5. The molecule has 0 amide bonds. The van der Waals surface area contributed by atoms with Gasteiger partial charge in [0.25, 0.3) is 0 Å². The highest BCUT2D eigenvalue weighted by Crippen LogP contribution is 2.65. The standard InChI is InChI=1S/C21H27ClO4/c1-20-9-6-13-12-4-5-17(23)19(22)15(12)3-2-14(13)16(20)7-10-21(20,26)11-8-18(24)25/h8,11-14,16,26H,2-7,9-10H2,1H3,(H,24,25)/b11-8-/t12-,13-,14-,16+,20+,21-/m1/s1. The fraction of sp³-hybridized carbons (Fsp3) is 0.714. The van der Waals surface area contributed by atoms with Crippen molar-refractivity contribution in [3.63, 3.8) is 0 Å². The van der Waals surface area contributed by atoms with E-state index >= 15 is 0 Å². The molecule has 0 aromatic heterocycles. The summed E-state index contributed by atoms with van der Waals surface area (Å²) in [5, 5.41) is 20.8. The number of rotatable bonds is 2. The van der Waals surface area contributed by atoms with E-state index in [0.717, 1.165) is 44.6 Å². The Kier molecular flexibility index (Phi) is 4.35. The molecular weight excluding hydrogens is 352 g/mol. The lowest BCUT2D eigenvalue weighted by Gasteiger charge is -2.55. The van der Waals surface area contributed by atoms with Crippen LogP contribution >= 0.6 is 11.6 Å². The van der Waals surface area contributed by atoms with E-state index in [1.807, 2.05) is 0 Å². The van der Waals surface area contributed by atoms with Gasteiger partial charge in [0.05, 0.1) is 10.6 Å². The van der Waals surface area contributed by atoms with Gasteiger partial charge in [-0.1, -0.05) is 18.5 Å². The van der Waals surface area contributed by atoms with Gasteiger partial charge in [0.15, 0.2) is 5.78 Å². The largest absolute Gasteiger partial charge is 0.478 e. The number of Topliss-reactive ketones (excluding diaryl/α,β-unsaturated/α-hetero) is 1. The van der Waals surface area contributed by atoms with Crippen LogP contribution in [0.2, 0.25) is 0 Å². The monoisotopic (exact) mass is 378 g/mol. The smallest absolute Gasteiger partial charge is 0.328 e. The highest BCUT2D eigenvalue weighted by molar-refractivity contribution is 6.43. The number of aliphatic carboxylic acids is 1. The Hall–Kier alpha value is -1.13. The van der Waals surface area contributed by atoms with Gasteiger partial charge in [-0.3, -0.25) is 4.79 Å². The molecule has 0 heterocycles. The number of carboxylic acid groups (broad SMARTS) is 1. The fourth-order valence-electron chi connectivity index (χ4n) is 6.77. The van der Waals surface area contributed by atoms with Gasteiger partial charge in [-0.25, -0.2) is 4.79 Å². The Bertz CT molecular complexity index is 711. The molecule has 0 aromatic rings. The minimum Gasteiger partial charge on any atom is -0.478 e. The van der Waals surface area contributed by atoms with Crippen LogP contribution in [0, 0.1) is 29.1 Å². The van der Waals surface area contributed by atoms with Crippen molar-refractivity contribution in [3.8, 4) is 0 Å². The minimum absolute atomic E-state index is 0.103. The van der Waals surface area contributed by atoms with Gasteiger partial charge in [0.1, 0.15) is 0 Å². The lowest BCUT2D eigenvalue weighted by molar-refractivity contribution is -0.132. The summed E-state index contributed by atoms with van der Waals surface area (Å²) in [6.07, 6.45) is 9.52. The average molecular weight is 379 g/mol. The second-order valence-electron chi connectivity index (χ2n) is 8.97. The van der Waals surface area contributed by atoms with E-state index in [0.29, 0.717) is 41.5 Å². The zero-order chi connectivity index (χ0) is 18.7. The van der Waals surface area contributed by atoms with Crippen LogP contribution in [0.5, 0.6) is 0 Å². The SMILES string of the molecule is C[C@]12CC[C@H]3[C@@H](CCC4=C(Cl)C(=O)CC[C@@H]43)[C@@H]1CC[C@@]2(O)/C=C\C(=O)O. The summed E-state index contributed by atoms with van der Waals surface area (Å²) in [4.78, 5) is 22.9. The van der Waals surface area contributed by atoms with Crippen LogP contribution in [0.1, 0.15) is 58.3 Å². The maximum atomic E-state index is 12.0. The first kappa shape index (κ1) is 18.2. The second-order valence-corrected chi connectivity index (χ2v) is 9.35. The summed E-state index contributed by atoms with van der Waals surface area (Å²) in [5.41, 5.74) is -0.112. The third kappa shape index (κ3) is 2.52. The van der Waals surface area contributed by atoms with Crippen LogP contribution < -0.4 is 0 Å². The van der Waals surface area contributed by atoms with Crippen LogP contribution in [0.4, 0.5) is 0 Å². The number of fused-ring (bicyclic) bond motifs is 5. The van der Waals surface area contributed by atoms with Crippen LogP contribution in [-0.2, 0) is 9.59 Å². The molecule has 26 heavy (non-hydrogen) atoms. The van der Waals surface area contributed by atoms with Gasteiger partial charge in [-0.05, 0) is 80.3 Å². The van der Waals surface area contributed by atoms with Crippen molar-refractivity contribution >= 4 is 23.4 Å². The normalized spacial score (nSPS) is 45.4. The summed E-state index contributed by atoms with van der Waals surface area (Å²) in [5.74, 6) is 1.01. The molecule has 3 saturated carbocycles. The Morgan fingerprint density at radius 2 is 1.92 bits per heavy atom. The van der Waals surface area contributed by atoms with E-state index in [9.17, 15) is 14.7 Å². The molecule has 0 radical (unpaired) electrons. The lowest BCUT2D eigenvalue weighted by Crippen LogP contribution is -2.52. The molecule has 0 unspecified atom stereocenters. The highest BCUT2D eigenvalue weighted by Gasteiger charge is 2.61. The number of aliphatic hydroxyl groups is 1. The van der Waals surface area contributed by atoms with Gasteiger partial charge in [-0.15, -0.1) is 0 Å². The van der Waals surface area contributed by atoms with Crippen molar-refractivity contribution < 1.29 is 19.8 Å². The predicted molar refractivity (Wildman–Crippen MR) is 98.6 cm³/mol. The van der Waals surface area contributed by atoms with Crippen LogP contribution in [0.25, 0.3) is 0 Å². The summed E-state index contributed by atoms with van der Waals surface area (Å²) in [7, 11) is 0. The maximum Gasteiger partial charge on any atom is 0.328 e. The Balaban J connectivity index is 1.63. The molecule has 3 fully saturated rings. The molecule has 5 heteroatoms. The first-order chi connectivity index (χ1) is 12.3. The Morgan fingerprint density at radius 3 is 2.65 bits per heavy atom. The number of halogens is 1. The van der Waals surface area contributed by atoms with E-state index in [1.54, 1.807) is 0 Å². The molecule has 0 spiro atoms. The molecule has 4 nitrogen and oxygen atoms in total. The van der Waals surface area contributed by atoms with Gasteiger partial charge >= 0.3 is 5.97 Å². The van der Waals surface area contributed by atoms with Crippen molar-refractivity contribution in [2.24, 2.45) is 29.1 Å². The summed E-state index contributed by atoms with van der Waals surface area (Å²) < 4.78 is 0. The molecule has 4 rings (SSSR count). The number of allylic oxidation sites excluding steroid dienone is 1. The number of carboxylic acids is 1. The van der Waals surface area contributed by atoms with Crippen LogP contribution in [0.15, 0.2) is 22.8 Å². The van der Waals surface area contributed by atoms with E-state index in [2.05, 4.69) is 6.92 Å². The second kappa shape index (κ2) is 6.20. The molecule has 0 aliphatic heterocycles. The van der Waals surface area contributed by atoms with Crippen molar-refractivity contribution in [2.45, 2.75) is 63.9 Å². The molecule has 4 aliphatic rings. The fourth-order valence-corrected chi connectivity index (χ4v) is 7.10. The van der Waals surface area contributed by atoms with E-state index in [1.165, 1.54) is 11.6 Å². The van der Waals surface area contributed by atoms with Crippen molar-refractivity contribution in [3.05, 3.63) is 22.8 Å². The lowest BCUT2D eigenvalue weighted by atomic mass is 9.50. The molecule has 2 N–H and O–H groups in total. The topological polar surface area (TPSA) is 74.6 Å². The van der Waals surface area contributed by atoms with Crippen molar-refractivity contribution in [1.82, 2.24) is 0 Å². The molecule has 4 aliphatic carbocycles. The van der Waals surface area contributed by atoms with Gasteiger partial charge in [-0.2, -0.15) is 0 Å². The van der Waals surface area contributed by atoms with Crippen molar-refractivity contribution in [1.29, 1.82) is 0 Å². The molecular formula is C21H27ClO4.